The number of rotatable bonds is 0. The van der Waals surface area contributed by atoms with Gasteiger partial charge in [0.15, 0.2) is 0 Å². The van der Waals surface area contributed by atoms with Crippen molar-refractivity contribution in [3.63, 3.8) is 0 Å². The largest absolute Gasteiger partial charge is 0.302 e. The number of hydrogen-bond acceptors (Lipinski definition) is 2. The molecule has 1 saturated heterocycles. The first-order chi connectivity index (χ1) is 6.31. The lowest BCUT2D eigenvalue weighted by molar-refractivity contribution is 0.373. The van der Waals surface area contributed by atoms with E-state index in [0.29, 0.717) is 4.87 Å². The molecule has 13 heavy (non-hydrogen) atoms. The Kier molecular flexibility index (Phi) is 3.20. The van der Waals surface area contributed by atoms with Crippen LogP contribution in [0.1, 0.15) is 51.9 Å². The maximum Gasteiger partial charge on any atom is 0.0648 e. The van der Waals surface area contributed by atoms with Crippen LogP contribution in [-0.2, 0) is 0 Å². The predicted molar refractivity (Wildman–Crippen MR) is 60.1 cm³/mol. The van der Waals surface area contributed by atoms with Gasteiger partial charge in [0, 0.05) is 11.8 Å². The molecule has 0 amide bonds. The van der Waals surface area contributed by atoms with Gasteiger partial charge in [0.05, 0.1) is 4.87 Å². The van der Waals surface area contributed by atoms with Crippen molar-refractivity contribution in [2.24, 2.45) is 0 Å². The van der Waals surface area contributed by atoms with E-state index in [1.165, 1.54) is 51.5 Å². The molecule has 1 saturated carbocycles. The monoisotopic (exact) mass is 199 g/mol. The Labute approximate surface area is 86.0 Å². The van der Waals surface area contributed by atoms with Crippen molar-refractivity contribution in [3.05, 3.63) is 0 Å². The molecule has 1 N–H and O–H groups in total. The minimum atomic E-state index is 0.486. The van der Waals surface area contributed by atoms with Gasteiger partial charge in [0.1, 0.15) is 0 Å². The van der Waals surface area contributed by atoms with Crippen LogP contribution >= 0.6 is 11.8 Å². The zero-order valence-electron chi connectivity index (χ0n) is 8.64. The van der Waals surface area contributed by atoms with Crippen LogP contribution in [0.25, 0.3) is 0 Å². The zero-order valence-corrected chi connectivity index (χ0v) is 9.46. The smallest absolute Gasteiger partial charge is 0.0648 e. The molecule has 1 atom stereocenters. The van der Waals surface area contributed by atoms with Gasteiger partial charge in [-0.2, -0.15) is 0 Å². The highest BCUT2D eigenvalue weighted by molar-refractivity contribution is 8.01. The van der Waals surface area contributed by atoms with Crippen LogP contribution in [0.15, 0.2) is 0 Å². The predicted octanol–water partition coefficient (Wildman–Crippen LogP) is 3.15. The minimum Gasteiger partial charge on any atom is -0.302 e. The summed E-state index contributed by atoms with van der Waals surface area (Å²) in [6, 6.07) is 0. The first kappa shape index (κ1) is 9.85. The molecule has 2 rings (SSSR count). The van der Waals surface area contributed by atoms with Gasteiger partial charge in [-0.3, -0.25) is 0 Å². The van der Waals surface area contributed by atoms with Gasteiger partial charge in [-0.05, 0) is 12.8 Å². The molecular weight excluding hydrogens is 178 g/mol. The van der Waals surface area contributed by atoms with Crippen LogP contribution in [0.5, 0.6) is 0 Å². The second kappa shape index (κ2) is 4.22. The standard InChI is InChI=1S/C11H21NS/c1-10-9-12-11(13-10)7-5-3-2-4-6-8-11/h10,12H,2-9H2,1H3. The van der Waals surface area contributed by atoms with Gasteiger partial charge < -0.3 is 5.32 Å². The molecule has 0 radical (unpaired) electrons. The van der Waals surface area contributed by atoms with Crippen LogP contribution in [0.3, 0.4) is 0 Å². The molecule has 0 aromatic heterocycles. The fourth-order valence-electron chi connectivity index (χ4n) is 2.57. The van der Waals surface area contributed by atoms with Crippen molar-refractivity contribution in [2.45, 2.75) is 62.0 Å². The minimum absolute atomic E-state index is 0.486. The van der Waals surface area contributed by atoms with E-state index in [-0.39, 0.29) is 0 Å². The van der Waals surface area contributed by atoms with Crippen molar-refractivity contribution in [1.82, 2.24) is 5.32 Å². The molecule has 1 aliphatic heterocycles. The Hall–Kier alpha value is 0.310. The van der Waals surface area contributed by atoms with Gasteiger partial charge in [0.25, 0.3) is 0 Å². The summed E-state index contributed by atoms with van der Waals surface area (Å²) < 4.78 is 0. The maximum atomic E-state index is 3.75. The highest BCUT2D eigenvalue weighted by atomic mass is 32.2. The third-order valence-electron chi connectivity index (χ3n) is 3.30. The van der Waals surface area contributed by atoms with Crippen molar-refractivity contribution in [2.75, 3.05) is 6.54 Å². The first-order valence-corrected chi connectivity index (χ1v) is 6.62. The molecule has 1 unspecified atom stereocenters. The second-order valence-electron chi connectivity index (χ2n) is 4.57. The van der Waals surface area contributed by atoms with E-state index in [2.05, 4.69) is 24.0 Å². The van der Waals surface area contributed by atoms with Crippen LogP contribution in [-0.4, -0.2) is 16.7 Å². The van der Waals surface area contributed by atoms with Crippen molar-refractivity contribution in [3.8, 4) is 0 Å². The lowest BCUT2D eigenvalue weighted by atomic mass is 9.96. The van der Waals surface area contributed by atoms with Crippen molar-refractivity contribution < 1.29 is 0 Å². The molecule has 76 valence electrons. The zero-order chi connectivity index (χ0) is 9.15. The average Bonchev–Trinajstić information content (AvgIpc) is 2.42. The molecule has 1 nitrogen and oxygen atoms in total. The van der Waals surface area contributed by atoms with Crippen LogP contribution in [0.4, 0.5) is 0 Å². The van der Waals surface area contributed by atoms with Gasteiger partial charge in [0.2, 0.25) is 0 Å². The van der Waals surface area contributed by atoms with Crippen LogP contribution in [0.2, 0.25) is 0 Å². The first-order valence-electron chi connectivity index (χ1n) is 5.74. The van der Waals surface area contributed by atoms with E-state index in [1.807, 2.05) is 0 Å². The Morgan fingerprint density at radius 2 is 1.69 bits per heavy atom. The SMILES string of the molecule is CC1CNC2(CCCCCCC2)S1. The third-order valence-corrected chi connectivity index (χ3v) is 4.87. The quantitative estimate of drug-likeness (QED) is 0.643. The van der Waals surface area contributed by atoms with Gasteiger partial charge in [-0.25, -0.2) is 0 Å². The summed E-state index contributed by atoms with van der Waals surface area (Å²) in [5.41, 5.74) is 0. The fourth-order valence-corrected chi connectivity index (χ4v) is 4.20. The molecule has 2 fully saturated rings. The average molecular weight is 199 g/mol. The summed E-state index contributed by atoms with van der Waals surface area (Å²) >= 11 is 2.20. The summed E-state index contributed by atoms with van der Waals surface area (Å²) in [5, 5.41) is 4.59. The normalized spacial score (nSPS) is 34.4. The molecule has 0 aromatic carbocycles. The van der Waals surface area contributed by atoms with E-state index >= 15 is 0 Å². The number of thioether (sulfide) groups is 1. The van der Waals surface area contributed by atoms with E-state index in [4.69, 9.17) is 0 Å². The highest BCUT2D eigenvalue weighted by Crippen LogP contribution is 2.41. The number of nitrogens with one attached hydrogen (secondary N) is 1. The van der Waals surface area contributed by atoms with Crippen LogP contribution in [0, 0.1) is 0 Å². The fraction of sp³-hybridized carbons (Fsp3) is 1.00. The van der Waals surface area contributed by atoms with Gasteiger partial charge in [-0.1, -0.05) is 39.0 Å². The van der Waals surface area contributed by atoms with Crippen LogP contribution < -0.4 is 5.32 Å². The Morgan fingerprint density at radius 1 is 1.08 bits per heavy atom. The second-order valence-corrected chi connectivity index (χ2v) is 6.39. The molecule has 2 aliphatic rings. The van der Waals surface area contributed by atoms with Gasteiger partial charge in [-0.15, -0.1) is 11.8 Å². The van der Waals surface area contributed by atoms with E-state index in [9.17, 15) is 0 Å². The summed E-state index contributed by atoms with van der Waals surface area (Å²) in [5.74, 6) is 0. The molecule has 0 bridgehead atoms. The molecule has 1 heterocycles. The Bertz CT molecular complexity index is 161. The van der Waals surface area contributed by atoms with Gasteiger partial charge >= 0.3 is 0 Å². The number of hydrogen-bond donors (Lipinski definition) is 1. The summed E-state index contributed by atoms with van der Waals surface area (Å²) in [6.45, 7) is 3.58. The molecule has 1 spiro atoms. The summed E-state index contributed by atoms with van der Waals surface area (Å²) in [7, 11) is 0. The third kappa shape index (κ3) is 2.41. The van der Waals surface area contributed by atoms with Crippen molar-refractivity contribution >= 4 is 11.8 Å². The molecule has 1 aliphatic carbocycles. The maximum absolute atomic E-state index is 3.75. The van der Waals surface area contributed by atoms with E-state index in [0.717, 1.165) is 5.25 Å². The summed E-state index contributed by atoms with van der Waals surface area (Å²) in [4.78, 5) is 0.486. The van der Waals surface area contributed by atoms with E-state index in [1.54, 1.807) is 0 Å². The Balaban J connectivity index is 1.94. The lowest BCUT2D eigenvalue weighted by Crippen LogP contribution is -2.37. The molecular formula is C11H21NS. The summed E-state index contributed by atoms with van der Waals surface area (Å²) in [6.07, 6.45) is 10.1. The lowest BCUT2D eigenvalue weighted by Gasteiger charge is -2.30. The van der Waals surface area contributed by atoms with Crippen molar-refractivity contribution in [1.29, 1.82) is 0 Å². The van der Waals surface area contributed by atoms with E-state index < -0.39 is 0 Å². The molecule has 2 heteroatoms. The topological polar surface area (TPSA) is 12.0 Å². The molecule has 0 aromatic rings. The Morgan fingerprint density at radius 3 is 2.23 bits per heavy atom. The highest BCUT2D eigenvalue weighted by Gasteiger charge is 2.36.